The number of ether oxygens (including phenoxy) is 1. The van der Waals surface area contributed by atoms with E-state index in [1.54, 1.807) is 50.2 Å². The van der Waals surface area contributed by atoms with Crippen LogP contribution in [0.1, 0.15) is 38.3 Å². The van der Waals surface area contributed by atoms with E-state index >= 15 is 0 Å². The molecule has 3 rings (SSSR count). The summed E-state index contributed by atoms with van der Waals surface area (Å²) in [6, 6.07) is 12.9. The maximum atomic E-state index is 13.3. The molecule has 0 spiro atoms. The Bertz CT molecular complexity index is 940. The Balaban J connectivity index is 2.15. The number of Topliss-reactive ketones (excluding diaryl/α,β-unsaturated/α-hetero) is 2. The summed E-state index contributed by atoms with van der Waals surface area (Å²) in [5.41, 5.74) is -4.01. The molecule has 0 radical (unpaired) electrons. The summed E-state index contributed by atoms with van der Waals surface area (Å²) in [6.07, 6.45) is -0.886. The highest BCUT2D eigenvalue weighted by molar-refractivity contribution is 6.23. The van der Waals surface area contributed by atoms with E-state index in [9.17, 15) is 24.9 Å². The molecule has 3 unspecified atom stereocenters. The number of rotatable bonds is 4. The number of aliphatic hydroxyl groups is 3. The molecule has 0 aromatic heterocycles. The summed E-state index contributed by atoms with van der Waals surface area (Å²) in [5.74, 6) is -1.81. The fourth-order valence-corrected chi connectivity index (χ4v) is 3.72. The maximum Gasteiger partial charge on any atom is 0.249 e. The van der Waals surface area contributed by atoms with Crippen molar-refractivity contribution in [1.82, 2.24) is 0 Å². The van der Waals surface area contributed by atoms with Crippen LogP contribution in [0.5, 0.6) is 0 Å². The second-order valence-electron chi connectivity index (χ2n) is 7.16. The Morgan fingerprint density at radius 1 is 0.857 bits per heavy atom. The number of benzene rings is 2. The van der Waals surface area contributed by atoms with Crippen LogP contribution in [0.15, 0.2) is 48.5 Å². The van der Waals surface area contributed by atoms with Gasteiger partial charge in [-0.05, 0) is 25.0 Å². The van der Waals surface area contributed by atoms with Gasteiger partial charge in [-0.15, -0.1) is 0 Å². The van der Waals surface area contributed by atoms with Gasteiger partial charge in [-0.1, -0.05) is 60.1 Å². The quantitative estimate of drug-likeness (QED) is 0.532. The normalized spacial score (nSPS) is 30.1. The molecule has 2 aromatic rings. The molecule has 3 atom stereocenters. The van der Waals surface area contributed by atoms with Crippen LogP contribution < -0.4 is 0 Å². The molecule has 0 amide bonds. The zero-order valence-corrected chi connectivity index (χ0v) is 16.2. The topological polar surface area (TPSA) is 104 Å². The Labute approximate surface area is 167 Å². The summed E-state index contributed by atoms with van der Waals surface area (Å²) >= 11 is 5.84. The molecule has 0 saturated carbocycles. The summed E-state index contributed by atoms with van der Waals surface area (Å²) in [6.45, 7) is 2.47. The molecule has 1 aliphatic rings. The number of carbonyl (C=O) groups excluding carboxylic acids is 2. The molecule has 1 saturated heterocycles. The van der Waals surface area contributed by atoms with Crippen molar-refractivity contribution >= 4 is 23.2 Å². The number of alkyl halides is 1. The molecule has 0 aliphatic carbocycles. The van der Waals surface area contributed by atoms with Gasteiger partial charge >= 0.3 is 0 Å². The van der Waals surface area contributed by atoms with Crippen molar-refractivity contribution in [1.29, 1.82) is 0 Å². The van der Waals surface area contributed by atoms with E-state index < -0.39 is 41.0 Å². The first kappa shape index (κ1) is 20.6. The van der Waals surface area contributed by atoms with Crippen LogP contribution in [0.2, 0.25) is 0 Å². The van der Waals surface area contributed by atoms with Gasteiger partial charge in [-0.3, -0.25) is 9.59 Å². The third-order valence-corrected chi connectivity index (χ3v) is 5.43. The van der Waals surface area contributed by atoms with Crippen LogP contribution in [0.4, 0.5) is 0 Å². The number of hydrogen-bond donors (Lipinski definition) is 3. The van der Waals surface area contributed by atoms with Gasteiger partial charge in [0.05, 0.1) is 13.0 Å². The van der Waals surface area contributed by atoms with Gasteiger partial charge in [0.15, 0.2) is 17.0 Å². The number of hydrogen-bond acceptors (Lipinski definition) is 6. The maximum absolute atomic E-state index is 13.3. The SMILES string of the molecule is Cc1ccccc1C(=O)C1(O)COC(O)(Cl)CC1(O)C(=O)c1ccccc1C. The lowest BCUT2D eigenvalue weighted by Gasteiger charge is -2.48. The number of carbonyl (C=O) groups is 2. The molecular formula is C21H21ClO6. The Morgan fingerprint density at radius 3 is 1.75 bits per heavy atom. The second-order valence-corrected chi connectivity index (χ2v) is 7.75. The minimum Gasteiger partial charge on any atom is -0.378 e. The van der Waals surface area contributed by atoms with E-state index in [1.807, 2.05) is 0 Å². The fourth-order valence-electron chi connectivity index (χ4n) is 3.47. The van der Waals surface area contributed by atoms with Crippen molar-refractivity contribution in [2.45, 2.75) is 36.7 Å². The van der Waals surface area contributed by atoms with E-state index in [0.717, 1.165) is 0 Å². The number of halogens is 1. The van der Waals surface area contributed by atoms with E-state index in [1.165, 1.54) is 12.1 Å². The van der Waals surface area contributed by atoms with E-state index in [2.05, 4.69) is 0 Å². The number of ketones is 2. The van der Waals surface area contributed by atoms with Crippen molar-refractivity contribution in [3.8, 4) is 0 Å². The van der Waals surface area contributed by atoms with Crippen molar-refractivity contribution < 1.29 is 29.6 Å². The average Bonchev–Trinajstić information content (AvgIpc) is 2.64. The van der Waals surface area contributed by atoms with Crippen molar-refractivity contribution in [3.05, 3.63) is 70.8 Å². The van der Waals surface area contributed by atoms with Crippen LogP contribution in [-0.4, -0.2) is 49.9 Å². The fraction of sp³-hybridized carbons (Fsp3) is 0.333. The molecule has 3 N–H and O–H groups in total. The van der Waals surface area contributed by atoms with Crippen LogP contribution in [-0.2, 0) is 4.74 Å². The van der Waals surface area contributed by atoms with Gasteiger partial charge in [-0.25, -0.2) is 0 Å². The summed E-state index contributed by atoms with van der Waals surface area (Å²) < 4.78 is 5.01. The smallest absolute Gasteiger partial charge is 0.249 e. The van der Waals surface area contributed by atoms with Gasteiger partial charge < -0.3 is 20.1 Å². The van der Waals surface area contributed by atoms with Gasteiger partial charge in [0.25, 0.3) is 0 Å². The van der Waals surface area contributed by atoms with Crippen LogP contribution in [0, 0.1) is 13.8 Å². The molecular weight excluding hydrogens is 384 g/mol. The first-order valence-corrected chi connectivity index (χ1v) is 9.10. The monoisotopic (exact) mass is 404 g/mol. The Morgan fingerprint density at radius 2 is 1.29 bits per heavy atom. The lowest BCUT2D eigenvalue weighted by Crippen LogP contribution is -2.71. The highest BCUT2D eigenvalue weighted by Gasteiger charge is 2.66. The lowest BCUT2D eigenvalue weighted by molar-refractivity contribution is -0.262. The molecule has 0 bridgehead atoms. The number of aryl methyl sites for hydroxylation is 2. The molecule has 7 heteroatoms. The summed E-state index contributed by atoms with van der Waals surface area (Å²) in [4.78, 5) is 26.5. The standard InChI is InChI=1S/C21H21ClO6/c1-13-7-3-5-9-15(13)17(23)19(25)11-21(22,27)28-12-20(19,26)18(24)16-10-6-4-8-14(16)2/h3-10,25-27H,11-12H2,1-2H3. The Hall–Kier alpha value is -2.09. The lowest BCUT2D eigenvalue weighted by atomic mass is 9.69. The molecule has 1 fully saturated rings. The predicted octanol–water partition coefficient (Wildman–Crippen LogP) is 2.14. The predicted molar refractivity (Wildman–Crippen MR) is 102 cm³/mol. The van der Waals surface area contributed by atoms with Gasteiger partial charge in [0.2, 0.25) is 11.0 Å². The highest BCUT2D eigenvalue weighted by atomic mass is 35.5. The minimum atomic E-state index is -2.70. The minimum absolute atomic E-state index is 0.107. The first-order valence-electron chi connectivity index (χ1n) is 8.73. The molecule has 2 aromatic carbocycles. The van der Waals surface area contributed by atoms with Crippen molar-refractivity contribution in [3.63, 3.8) is 0 Å². The largest absolute Gasteiger partial charge is 0.378 e. The Kier molecular flexibility index (Phi) is 5.20. The summed E-state index contributed by atoms with van der Waals surface area (Å²) in [7, 11) is 0. The average molecular weight is 405 g/mol. The highest BCUT2D eigenvalue weighted by Crippen LogP contribution is 2.43. The van der Waals surface area contributed by atoms with E-state index in [0.29, 0.717) is 11.1 Å². The molecule has 1 aliphatic heterocycles. The van der Waals surface area contributed by atoms with E-state index in [4.69, 9.17) is 16.3 Å². The molecule has 1 heterocycles. The van der Waals surface area contributed by atoms with Crippen LogP contribution >= 0.6 is 11.6 Å². The second kappa shape index (κ2) is 7.06. The molecule has 6 nitrogen and oxygen atoms in total. The zero-order valence-electron chi connectivity index (χ0n) is 15.5. The molecule has 148 valence electrons. The van der Waals surface area contributed by atoms with Gasteiger partial charge in [-0.2, -0.15) is 0 Å². The van der Waals surface area contributed by atoms with Crippen LogP contribution in [0.25, 0.3) is 0 Å². The van der Waals surface area contributed by atoms with Crippen LogP contribution in [0.3, 0.4) is 0 Å². The third kappa shape index (κ3) is 3.27. The summed E-state index contributed by atoms with van der Waals surface area (Å²) in [5, 5.41) is 30.3. The van der Waals surface area contributed by atoms with Crippen molar-refractivity contribution in [2.24, 2.45) is 0 Å². The van der Waals surface area contributed by atoms with Crippen molar-refractivity contribution in [2.75, 3.05) is 6.61 Å². The van der Waals surface area contributed by atoms with Gasteiger partial charge in [0, 0.05) is 11.1 Å². The molecule has 28 heavy (non-hydrogen) atoms. The van der Waals surface area contributed by atoms with Gasteiger partial charge in [0.1, 0.15) is 0 Å². The third-order valence-electron chi connectivity index (χ3n) is 5.19. The first-order chi connectivity index (χ1) is 13.0. The zero-order chi connectivity index (χ0) is 20.7. The van der Waals surface area contributed by atoms with E-state index in [-0.39, 0.29) is 11.1 Å².